The summed E-state index contributed by atoms with van der Waals surface area (Å²) in [6.07, 6.45) is -0.690. The third kappa shape index (κ3) is 3.19. The molecule has 0 saturated heterocycles. The van der Waals surface area contributed by atoms with Crippen LogP contribution in [0.1, 0.15) is 27.2 Å². The molecule has 0 bridgehead atoms. The van der Waals surface area contributed by atoms with Gasteiger partial charge in [0.25, 0.3) is 0 Å². The number of aliphatic hydroxyl groups is 2. The lowest BCUT2D eigenvalue weighted by Crippen LogP contribution is -2.42. The van der Waals surface area contributed by atoms with Crippen LogP contribution in [0.3, 0.4) is 0 Å². The van der Waals surface area contributed by atoms with E-state index in [9.17, 15) is 10.2 Å². The number of rotatable bonds is 3. The van der Waals surface area contributed by atoms with Crippen molar-refractivity contribution in [2.24, 2.45) is 5.92 Å². The van der Waals surface area contributed by atoms with E-state index in [0.717, 1.165) is 5.57 Å². The van der Waals surface area contributed by atoms with Crippen LogP contribution in [0.5, 0.6) is 0 Å². The number of hydrogen-bond donors (Lipinski definition) is 2. The minimum absolute atomic E-state index is 0.112. The Morgan fingerprint density at radius 1 is 1.35 bits per heavy atom. The second kappa shape index (κ2) is 4.84. The quantitative estimate of drug-likeness (QED) is 0.603. The van der Waals surface area contributed by atoms with E-state index in [4.69, 9.17) is 4.43 Å². The summed E-state index contributed by atoms with van der Waals surface area (Å²) >= 11 is 0. The normalized spacial score (nSPS) is 31.0. The van der Waals surface area contributed by atoms with Crippen molar-refractivity contribution >= 4 is 8.32 Å². The smallest absolute Gasteiger partial charge is 0.192 e. The minimum atomic E-state index is -1.79. The standard InChI is InChI=1S/C13H26O3Si/c1-9-10(12(15)7-11(9)14)8-16-17(5,6)13(2,3)4/h10-12,14-15H,1,7-8H2,2-6H3. The lowest BCUT2D eigenvalue weighted by Gasteiger charge is -2.37. The van der Waals surface area contributed by atoms with Gasteiger partial charge in [-0.25, -0.2) is 0 Å². The molecule has 1 aliphatic carbocycles. The van der Waals surface area contributed by atoms with Crippen LogP contribution < -0.4 is 0 Å². The maximum absolute atomic E-state index is 9.84. The molecule has 0 aliphatic heterocycles. The summed E-state index contributed by atoms with van der Waals surface area (Å²) < 4.78 is 6.07. The second-order valence-electron chi connectivity index (χ2n) is 6.57. The fraction of sp³-hybridized carbons (Fsp3) is 0.846. The monoisotopic (exact) mass is 258 g/mol. The maximum atomic E-state index is 9.84. The van der Waals surface area contributed by atoms with Crippen LogP contribution in [-0.4, -0.2) is 37.3 Å². The third-order valence-corrected chi connectivity index (χ3v) is 8.76. The molecule has 0 radical (unpaired) electrons. The Morgan fingerprint density at radius 2 is 1.88 bits per heavy atom. The highest BCUT2D eigenvalue weighted by Crippen LogP contribution is 2.38. The van der Waals surface area contributed by atoms with E-state index in [1.165, 1.54) is 0 Å². The molecule has 17 heavy (non-hydrogen) atoms. The Bertz CT molecular complexity index is 294. The molecule has 3 unspecified atom stereocenters. The summed E-state index contributed by atoms with van der Waals surface area (Å²) in [5, 5.41) is 19.6. The Hall–Kier alpha value is -0.163. The van der Waals surface area contributed by atoms with Crippen molar-refractivity contribution in [2.75, 3.05) is 6.61 Å². The molecule has 1 fully saturated rings. The number of hydrogen-bond acceptors (Lipinski definition) is 3. The molecule has 100 valence electrons. The van der Waals surface area contributed by atoms with Crippen molar-refractivity contribution in [1.82, 2.24) is 0 Å². The van der Waals surface area contributed by atoms with Crippen molar-refractivity contribution in [1.29, 1.82) is 0 Å². The predicted molar refractivity (Wildman–Crippen MR) is 72.4 cm³/mol. The average Bonchev–Trinajstić information content (AvgIpc) is 2.37. The largest absolute Gasteiger partial charge is 0.416 e. The van der Waals surface area contributed by atoms with Crippen molar-refractivity contribution < 1.29 is 14.6 Å². The maximum Gasteiger partial charge on any atom is 0.192 e. The molecule has 1 rings (SSSR count). The zero-order valence-electron chi connectivity index (χ0n) is 11.7. The predicted octanol–water partition coefficient (Wildman–Crippen LogP) is 2.31. The van der Waals surface area contributed by atoms with Crippen molar-refractivity contribution in [3.63, 3.8) is 0 Å². The topological polar surface area (TPSA) is 49.7 Å². The van der Waals surface area contributed by atoms with Crippen LogP contribution in [0.2, 0.25) is 18.1 Å². The van der Waals surface area contributed by atoms with Gasteiger partial charge in [0.1, 0.15) is 0 Å². The van der Waals surface area contributed by atoms with E-state index in [0.29, 0.717) is 13.0 Å². The highest BCUT2D eigenvalue weighted by Gasteiger charge is 2.41. The van der Waals surface area contributed by atoms with Crippen LogP contribution in [0.4, 0.5) is 0 Å². The molecule has 0 heterocycles. The van der Waals surface area contributed by atoms with Gasteiger partial charge in [-0.1, -0.05) is 27.4 Å². The molecule has 1 aliphatic rings. The van der Waals surface area contributed by atoms with Crippen LogP contribution in [0.25, 0.3) is 0 Å². The van der Waals surface area contributed by atoms with Crippen LogP contribution in [0.15, 0.2) is 12.2 Å². The zero-order chi connectivity index (χ0) is 13.4. The average molecular weight is 258 g/mol. The first kappa shape index (κ1) is 14.9. The fourth-order valence-electron chi connectivity index (χ4n) is 1.77. The highest BCUT2D eigenvalue weighted by molar-refractivity contribution is 6.74. The van der Waals surface area contributed by atoms with Gasteiger partial charge in [-0.05, 0) is 23.7 Å². The first-order chi connectivity index (χ1) is 7.56. The second-order valence-corrected chi connectivity index (χ2v) is 11.4. The van der Waals surface area contributed by atoms with Gasteiger partial charge in [0, 0.05) is 18.9 Å². The SMILES string of the molecule is C=C1C(O)CC(O)C1CO[Si](C)(C)C(C)(C)C. The van der Waals surface area contributed by atoms with E-state index in [1.807, 2.05) is 0 Å². The Kier molecular flexibility index (Phi) is 4.24. The molecule has 2 N–H and O–H groups in total. The zero-order valence-corrected chi connectivity index (χ0v) is 12.7. The molecule has 3 atom stereocenters. The molecule has 3 nitrogen and oxygen atoms in total. The molecular formula is C13H26O3Si. The van der Waals surface area contributed by atoms with Crippen LogP contribution in [0, 0.1) is 5.92 Å². The van der Waals surface area contributed by atoms with Crippen LogP contribution in [-0.2, 0) is 4.43 Å². The molecular weight excluding hydrogens is 232 g/mol. The van der Waals surface area contributed by atoms with Gasteiger partial charge < -0.3 is 14.6 Å². The van der Waals surface area contributed by atoms with Gasteiger partial charge in [-0.3, -0.25) is 0 Å². The first-order valence-corrected chi connectivity index (χ1v) is 9.16. The van der Waals surface area contributed by atoms with Crippen molar-refractivity contribution in [2.45, 2.75) is 57.5 Å². The highest BCUT2D eigenvalue weighted by atomic mass is 28.4. The molecule has 0 aromatic carbocycles. The van der Waals surface area contributed by atoms with E-state index < -0.39 is 20.5 Å². The Balaban J connectivity index is 2.60. The molecule has 1 saturated carbocycles. The minimum Gasteiger partial charge on any atom is -0.416 e. The van der Waals surface area contributed by atoms with Gasteiger partial charge in [-0.2, -0.15) is 0 Å². The summed E-state index contributed by atoms with van der Waals surface area (Å²) in [5.41, 5.74) is 0.719. The summed E-state index contributed by atoms with van der Waals surface area (Å²) in [4.78, 5) is 0. The molecule has 0 aromatic heterocycles. The van der Waals surface area contributed by atoms with Crippen molar-refractivity contribution in [3.05, 3.63) is 12.2 Å². The van der Waals surface area contributed by atoms with Gasteiger partial charge in [0.15, 0.2) is 8.32 Å². The van der Waals surface area contributed by atoms with E-state index in [1.54, 1.807) is 0 Å². The van der Waals surface area contributed by atoms with E-state index in [-0.39, 0.29) is 11.0 Å². The summed E-state index contributed by atoms with van der Waals surface area (Å²) in [6.45, 7) is 15.3. The third-order valence-electron chi connectivity index (χ3n) is 4.26. The van der Waals surface area contributed by atoms with Gasteiger partial charge in [0.2, 0.25) is 0 Å². The first-order valence-electron chi connectivity index (χ1n) is 6.25. The van der Waals surface area contributed by atoms with Crippen molar-refractivity contribution in [3.8, 4) is 0 Å². The van der Waals surface area contributed by atoms with Crippen LogP contribution >= 0.6 is 0 Å². The molecule has 4 heteroatoms. The lowest BCUT2D eigenvalue weighted by atomic mass is 10.0. The summed E-state index contributed by atoms with van der Waals surface area (Å²) in [7, 11) is -1.79. The Morgan fingerprint density at radius 3 is 2.24 bits per heavy atom. The molecule has 0 amide bonds. The van der Waals surface area contributed by atoms with Gasteiger partial charge in [-0.15, -0.1) is 0 Å². The summed E-state index contributed by atoms with van der Waals surface area (Å²) in [5.74, 6) is -0.112. The fourth-order valence-corrected chi connectivity index (χ4v) is 2.80. The summed E-state index contributed by atoms with van der Waals surface area (Å²) in [6, 6.07) is 0. The number of aliphatic hydroxyl groups excluding tert-OH is 2. The van der Waals surface area contributed by atoms with E-state index in [2.05, 4.69) is 40.4 Å². The molecule has 0 aromatic rings. The van der Waals surface area contributed by atoms with Gasteiger partial charge in [0.05, 0.1) is 12.2 Å². The Labute approximate surface area is 106 Å². The van der Waals surface area contributed by atoms with E-state index >= 15 is 0 Å². The van der Waals surface area contributed by atoms with Gasteiger partial charge >= 0.3 is 0 Å². The lowest BCUT2D eigenvalue weighted by molar-refractivity contribution is 0.0961. The molecule has 0 spiro atoms.